The average Bonchev–Trinajstić information content (AvgIpc) is 3.20. The van der Waals surface area contributed by atoms with Gasteiger partial charge in [0.15, 0.2) is 0 Å². The van der Waals surface area contributed by atoms with Crippen molar-refractivity contribution in [3.63, 3.8) is 0 Å². The Bertz CT molecular complexity index is 420. The number of hydrogen-bond acceptors (Lipinski definition) is 4. The van der Waals surface area contributed by atoms with Gasteiger partial charge in [-0.1, -0.05) is 11.6 Å². The minimum Gasteiger partial charge on any atom is -0.465 e. The van der Waals surface area contributed by atoms with E-state index in [1.54, 1.807) is 11.8 Å². The van der Waals surface area contributed by atoms with Crippen LogP contribution in [-0.4, -0.2) is 30.4 Å². The van der Waals surface area contributed by atoms with Gasteiger partial charge in [-0.05, 0) is 44.0 Å². The predicted octanol–water partition coefficient (Wildman–Crippen LogP) is 3.12. The van der Waals surface area contributed by atoms with Gasteiger partial charge in [0.2, 0.25) is 0 Å². The fourth-order valence-electron chi connectivity index (χ4n) is 1.67. The van der Waals surface area contributed by atoms with E-state index in [0.29, 0.717) is 18.4 Å². The molecule has 5 heteroatoms. The lowest BCUT2D eigenvalue weighted by Gasteiger charge is -2.16. The van der Waals surface area contributed by atoms with Crippen LogP contribution in [0.25, 0.3) is 0 Å². The highest BCUT2D eigenvalue weighted by Gasteiger charge is 2.29. The van der Waals surface area contributed by atoms with E-state index in [9.17, 15) is 4.79 Å². The molecule has 1 aliphatic rings. The van der Waals surface area contributed by atoms with Crippen LogP contribution >= 0.6 is 23.4 Å². The van der Waals surface area contributed by atoms with E-state index in [1.807, 2.05) is 31.2 Å². The summed E-state index contributed by atoms with van der Waals surface area (Å²) in [5.41, 5.74) is 0. The quantitative estimate of drug-likeness (QED) is 0.620. The van der Waals surface area contributed by atoms with Gasteiger partial charge in [-0.3, -0.25) is 4.79 Å². The number of esters is 1. The van der Waals surface area contributed by atoms with E-state index < -0.39 is 0 Å². The molecular formula is C14H18ClNO2S. The van der Waals surface area contributed by atoms with Gasteiger partial charge < -0.3 is 10.1 Å². The molecule has 1 fully saturated rings. The van der Waals surface area contributed by atoms with Crippen molar-refractivity contribution < 1.29 is 9.53 Å². The first-order valence-corrected chi connectivity index (χ1v) is 7.86. The molecule has 0 spiro atoms. The first-order valence-electron chi connectivity index (χ1n) is 6.50. The molecule has 0 aromatic heterocycles. The fourth-order valence-corrected chi connectivity index (χ4v) is 2.72. The predicted molar refractivity (Wildman–Crippen MR) is 78.8 cm³/mol. The number of rotatable bonds is 7. The molecule has 1 aromatic carbocycles. The Morgan fingerprint density at radius 1 is 1.47 bits per heavy atom. The average molecular weight is 300 g/mol. The summed E-state index contributed by atoms with van der Waals surface area (Å²) < 4.78 is 5.10. The molecule has 0 amide bonds. The van der Waals surface area contributed by atoms with Gasteiger partial charge in [0.05, 0.1) is 6.61 Å². The van der Waals surface area contributed by atoms with E-state index >= 15 is 0 Å². The van der Waals surface area contributed by atoms with Gasteiger partial charge in [-0.15, -0.1) is 11.8 Å². The minimum absolute atomic E-state index is 0.157. The second-order valence-corrected chi connectivity index (χ2v) is 6.04. The van der Waals surface area contributed by atoms with Gasteiger partial charge in [0.1, 0.15) is 6.04 Å². The highest BCUT2D eigenvalue weighted by molar-refractivity contribution is 7.99. The maximum Gasteiger partial charge on any atom is 0.324 e. The van der Waals surface area contributed by atoms with E-state index in [1.165, 1.54) is 0 Å². The number of ether oxygens (including phenoxy) is 1. The van der Waals surface area contributed by atoms with Crippen molar-refractivity contribution in [1.82, 2.24) is 5.32 Å². The Hall–Kier alpha value is -0.710. The molecule has 0 bridgehead atoms. The zero-order valence-electron chi connectivity index (χ0n) is 10.9. The standard InChI is InChI=1S/C14H18ClNO2S/c1-2-18-14(17)13(16-11-5-6-11)9-19-12-7-3-10(15)4-8-12/h3-4,7-8,11,13,16H,2,5-6,9H2,1H3. The lowest BCUT2D eigenvalue weighted by molar-refractivity contribution is -0.145. The van der Waals surface area contributed by atoms with E-state index in [0.717, 1.165) is 22.8 Å². The number of benzene rings is 1. The molecule has 0 saturated heterocycles. The van der Waals surface area contributed by atoms with Crippen molar-refractivity contribution in [2.75, 3.05) is 12.4 Å². The highest BCUT2D eigenvalue weighted by atomic mass is 35.5. The van der Waals surface area contributed by atoms with Gasteiger partial charge >= 0.3 is 5.97 Å². The van der Waals surface area contributed by atoms with Crippen LogP contribution < -0.4 is 5.32 Å². The Morgan fingerprint density at radius 2 is 2.16 bits per heavy atom. The molecule has 1 atom stereocenters. The number of nitrogens with one attached hydrogen (secondary N) is 1. The molecule has 2 rings (SSSR count). The Balaban J connectivity index is 1.87. The molecule has 0 aliphatic heterocycles. The summed E-state index contributed by atoms with van der Waals surface area (Å²) in [6.07, 6.45) is 2.31. The van der Waals surface area contributed by atoms with E-state index in [2.05, 4.69) is 5.32 Å². The lowest BCUT2D eigenvalue weighted by Crippen LogP contribution is -2.41. The fraction of sp³-hybridized carbons (Fsp3) is 0.500. The molecular weight excluding hydrogens is 282 g/mol. The molecule has 19 heavy (non-hydrogen) atoms. The third-order valence-corrected chi connectivity index (χ3v) is 4.17. The smallest absolute Gasteiger partial charge is 0.324 e. The van der Waals surface area contributed by atoms with Crippen LogP contribution in [0.4, 0.5) is 0 Å². The Kier molecular flexibility index (Phi) is 5.55. The third-order valence-electron chi connectivity index (χ3n) is 2.82. The van der Waals surface area contributed by atoms with Crippen LogP contribution in [0.1, 0.15) is 19.8 Å². The van der Waals surface area contributed by atoms with Crippen LogP contribution in [0.15, 0.2) is 29.2 Å². The Morgan fingerprint density at radius 3 is 2.74 bits per heavy atom. The number of hydrogen-bond donors (Lipinski definition) is 1. The Labute approximate surface area is 123 Å². The maximum atomic E-state index is 11.9. The number of thioether (sulfide) groups is 1. The molecule has 1 aromatic rings. The highest BCUT2D eigenvalue weighted by Crippen LogP contribution is 2.24. The molecule has 1 saturated carbocycles. The molecule has 3 nitrogen and oxygen atoms in total. The number of carbonyl (C=O) groups is 1. The van der Waals surface area contributed by atoms with Crippen molar-refractivity contribution >= 4 is 29.3 Å². The minimum atomic E-state index is -0.229. The van der Waals surface area contributed by atoms with Crippen LogP contribution in [0.3, 0.4) is 0 Å². The van der Waals surface area contributed by atoms with Crippen molar-refractivity contribution in [2.24, 2.45) is 0 Å². The molecule has 104 valence electrons. The van der Waals surface area contributed by atoms with Gasteiger partial charge in [0.25, 0.3) is 0 Å². The van der Waals surface area contributed by atoms with Gasteiger partial charge in [-0.25, -0.2) is 0 Å². The van der Waals surface area contributed by atoms with E-state index in [-0.39, 0.29) is 12.0 Å². The summed E-state index contributed by atoms with van der Waals surface area (Å²) in [7, 11) is 0. The summed E-state index contributed by atoms with van der Waals surface area (Å²) in [6, 6.07) is 7.90. The monoisotopic (exact) mass is 299 g/mol. The van der Waals surface area contributed by atoms with E-state index in [4.69, 9.17) is 16.3 Å². The van der Waals surface area contributed by atoms with Crippen LogP contribution in [-0.2, 0) is 9.53 Å². The number of halogens is 1. The third kappa shape index (κ3) is 5.05. The molecule has 0 heterocycles. The molecule has 1 aliphatic carbocycles. The van der Waals surface area contributed by atoms with Crippen molar-refractivity contribution in [2.45, 2.75) is 36.7 Å². The first-order chi connectivity index (χ1) is 9.19. The number of carbonyl (C=O) groups excluding carboxylic acids is 1. The maximum absolute atomic E-state index is 11.9. The van der Waals surface area contributed by atoms with Gasteiger partial charge in [0, 0.05) is 21.7 Å². The largest absolute Gasteiger partial charge is 0.465 e. The second-order valence-electron chi connectivity index (χ2n) is 4.51. The second kappa shape index (κ2) is 7.17. The zero-order chi connectivity index (χ0) is 13.7. The molecule has 1 unspecified atom stereocenters. The van der Waals surface area contributed by atoms with Crippen molar-refractivity contribution in [1.29, 1.82) is 0 Å². The normalized spacial score (nSPS) is 16.1. The summed E-state index contributed by atoms with van der Waals surface area (Å²) in [6.45, 7) is 2.26. The lowest BCUT2D eigenvalue weighted by atomic mass is 10.3. The zero-order valence-corrected chi connectivity index (χ0v) is 12.5. The SMILES string of the molecule is CCOC(=O)C(CSc1ccc(Cl)cc1)NC1CC1. The summed E-state index contributed by atoms with van der Waals surface area (Å²) in [5.74, 6) is 0.521. The van der Waals surface area contributed by atoms with Crippen LogP contribution in [0.2, 0.25) is 5.02 Å². The first kappa shape index (κ1) is 14.7. The molecule has 0 radical (unpaired) electrons. The van der Waals surface area contributed by atoms with Crippen molar-refractivity contribution in [3.05, 3.63) is 29.3 Å². The van der Waals surface area contributed by atoms with Crippen LogP contribution in [0.5, 0.6) is 0 Å². The van der Waals surface area contributed by atoms with Crippen LogP contribution in [0, 0.1) is 0 Å². The topological polar surface area (TPSA) is 38.3 Å². The molecule has 1 N–H and O–H groups in total. The van der Waals surface area contributed by atoms with Crippen molar-refractivity contribution in [3.8, 4) is 0 Å². The summed E-state index contributed by atoms with van der Waals surface area (Å²) in [4.78, 5) is 13.0. The summed E-state index contributed by atoms with van der Waals surface area (Å²) in [5, 5.41) is 4.06. The summed E-state index contributed by atoms with van der Waals surface area (Å²) >= 11 is 7.49. The van der Waals surface area contributed by atoms with Gasteiger partial charge in [-0.2, -0.15) is 0 Å².